The minimum absolute atomic E-state index is 0.124. The molecule has 0 aromatic heterocycles. The van der Waals surface area contributed by atoms with E-state index in [2.05, 4.69) is 27.9 Å². The van der Waals surface area contributed by atoms with Gasteiger partial charge < -0.3 is 9.80 Å². The molecule has 5 heteroatoms. The molecule has 3 nitrogen and oxygen atoms in total. The lowest BCUT2D eigenvalue weighted by Crippen LogP contribution is -2.32. The molecule has 1 amide bonds. The van der Waals surface area contributed by atoms with Crippen molar-refractivity contribution in [3.8, 4) is 0 Å². The molecule has 19 heavy (non-hydrogen) atoms. The van der Waals surface area contributed by atoms with Gasteiger partial charge in [-0.05, 0) is 60.1 Å². The van der Waals surface area contributed by atoms with Gasteiger partial charge in [-0.2, -0.15) is 0 Å². The van der Waals surface area contributed by atoms with Crippen molar-refractivity contribution >= 4 is 21.8 Å². The van der Waals surface area contributed by atoms with Crippen LogP contribution in [0, 0.1) is 11.7 Å². The van der Waals surface area contributed by atoms with Crippen LogP contribution in [0.1, 0.15) is 16.8 Å². The standard InChI is InChI=1S/C14H18BrFN2O/c1-17-6-5-10(8-17)9-18(2)14(19)11-3-4-12(15)13(16)7-11/h3-4,7,10H,5-6,8-9H2,1-2H3/t10-/m0/s1. The normalized spacial score (nSPS) is 19.7. The highest BCUT2D eigenvalue weighted by atomic mass is 79.9. The Morgan fingerprint density at radius 2 is 2.32 bits per heavy atom. The molecule has 104 valence electrons. The van der Waals surface area contributed by atoms with Crippen LogP contribution in [-0.4, -0.2) is 49.4 Å². The van der Waals surface area contributed by atoms with Crippen molar-refractivity contribution in [2.45, 2.75) is 6.42 Å². The Labute approximate surface area is 121 Å². The van der Waals surface area contributed by atoms with Crippen LogP contribution >= 0.6 is 15.9 Å². The third-order valence-corrected chi connectivity index (χ3v) is 4.18. The van der Waals surface area contributed by atoms with Gasteiger partial charge in [-0.25, -0.2) is 4.39 Å². The second-order valence-electron chi connectivity index (χ2n) is 5.23. The largest absolute Gasteiger partial charge is 0.341 e. The molecule has 1 atom stereocenters. The number of benzene rings is 1. The fourth-order valence-corrected chi connectivity index (χ4v) is 2.74. The molecule has 0 radical (unpaired) electrons. The van der Waals surface area contributed by atoms with E-state index in [-0.39, 0.29) is 5.91 Å². The lowest BCUT2D eigenvalue weighted by molar-refractivity contribution is 0.0773. The minimum atomic E-state index is -0.403. The molecule has 2 rings (SSSR count). The Morgan fingerprint density at radius 3 is 2.89 bits per heavy atom. The summed E-state index contributed by atoms with van der Waals surface area (Å²) in [7, 11) is 3.87. The molecular formula is C14H18BrFN2O. The average molecular weight is 329 g/mol. The van der Waals surface area contributed by atoms with E-state index in [0.29, 0.717) is 16.0 Å². The number of carbonyl (C=O) groups is 1. The van der Waals surface area contributed by atoms with Gasteiger partial charge in [0.1, 0.15) is 5.82 Å². The quantitative estimate of drug-likeness (QED) is 0.851. The summed E-state index contributed by atoms with van der Waals surface area (Å²) < 4.78 is 13.8. The molecular weight excluding hydrogens is 311 g/mol. The maximum absolute atomic E-state index is 13.4. The molecule has 0 aliphatic carbocycles. The summed E-state index contributed by atoms with van der Waals surface area (Å²) in [4.78, 5) is 16.2. The Kier molecular flexibility index (Phi) is 4.58. The van der Waals surface area contributed by atoms with E-state index in [4.69, 9.17) is 0 Å². The fourth-order valence-electron chi connectivity index (χ4n) is 2.50. The van der Waals surface area contributed by atoms with Gasteiger partial charge in [-0.15, -0.1) is 0 Å². The van der Waals surface area contributed by atoms with E-state index in [1.165, 1.54) is 6.07 Å². The van der Waals surface area contributed by atoms with Crippen LogP contribution in [-0.2, 0) is 0 Å². The second-order valence-corrected chi connectivity index (χ2v) is 6.09. The van der Waals surface area contributed by atoms with Crippen LogP contribution in [0.3, 0.4) is 0 Å². The van der Waals surface area contributed by atoms with Crippen molar-refractivity contribution in [2.24, 2.45) is 5.92 Å². The van der Waals surface area contributed by atoms with Crippen molar-refractivity contribution in [1.29, 1.82) is 0 Å². The van der Waals surface area contributed by atoms with Crippen molar-refractivity contribution in [2.75, 3.05) is 33.7 Å². The number of amides is 1. The smallest absolute Gasteiger partial charge is 0.253 e. The van der Waals surface area contributed by atoms with Crippen LogP contribution in [0.25, 0.3) is 0 Å². The van der Waals surface area contributed by atoms with Gasteiger partial charge in [0.2, 0.25) is 0 Å². The highest BCUT2D eigenvalue weighted by Gasteiger charge is 2.23. The third-order valence-electron chi connectivity index (χ3n) is 3.53. The summed E-state index contributed by atoms with van der Waals surface area (Å²) in [6, 6.07) is 4.50. The summed E-state index contributed by atoms with van der Waals surface area (Å²) >= 11 is 3.09. The monoisotopic (exact) mass is 328 g/mol. The van der Waals surface area contributed by atoms with E-state index in [9.17, 15) is 9.18 Å². The number of hydrogen-bond donors (Lipinski definition) is 0. The zero-order chi connectivity index (χ0) is 14.0. The van der Waals surface area contributed by atoms with E-state index in [0.717, 1.165) is 26.1 Å². The highest BCUT2D eigenvalue weighted by molar-refractivity contribution is 9.10. The van der Waals surface area contributed by atoms with E-state index < -0.39 is 5.82 Å². The van der Waals surface area contributed by atoms with E-state index in [1.54, 1.807) is 24.1 Å². The topological polar surface area (TPSA) is 23.6 Å². The number of rotatable bonds is 3. The Bertz CT molecular complexity index is 481. The number of nitrogens with zero attached hydrogens (tertiary/aromatic N) is 2. The predicted octanol–water partition coefficient (Wildman–Crippen LogP) is 2.61. The first-order valence-corrected chi connectivity index (χ1v) is 7.15. The summed E-state index contributed by atoms with van der Waals surface area (Å²) in [5.41, 5.74) is 0.398. The number of carbonyl (C=O) groups excluding carboxylic acids is 1. The fraction of sp³-hybridized carbons (Fsp3) is 0.500. The Hall–Kier alpha value is -0.940. The minimum Gasteiger partial charge on any atom is -0.341 e. The Morgan fingerprint density at radius 1 is 1.58 bits per heavy atom. The summed E-state index contributed by atoms with van der Waals surface area (Å²) in [5, 5.41) is 0. The number of halogens is 2. The first kappa shape index (κ1) is 14.5. The van der Waals surface area contributed by atoms with Gasteiger partial charge in [0.25, 0.3) is 5.91 Å². The molecule has 1 aliphatic rings. The van der Waals surface area contributed by atoms with Crippen molar-refractivity contribution < 1.29 is 9.18 Å². The third kappa shape index (κ3) is 3.54. The first-order chi connectivity index (χ1) is 8.97. The maximum atomic E-state index is 13.4. The lowest BCUT2D eigenvalue weighted by Gasteiger charge is -2.21. The summed E-state index contributed by atoms with van der Waals surface area (Å²) in [6.45, 7) is 2.83. The van der Waals surface area contributed by atoms with Crippen LogP contribution in [0.5, 0.6) is 0 Å². The second kappa shape index (κ2) is 6.01. The molecule has 1 aliphatic heterocycles. The summed E-state index contributed by atoms with van der Waals surface area (Å²) in [6.07, 6.45) is 1.11. The molecule has 1 saturated heterocycles. The van der Waals surface area contributed by atoms with Gasteiger partial charge in [-0.3, -0.25) is 4.79 Å². The number of hydrogen-bond acceptors (Lipinski definition) is 2. The molecule has 0 spiro atoms. The van der Waals surface area contributed by atoms with Crippen LogP contribution in [0.4, 0.5) is 4.39 Å². The average Bonchev–Trinajstić information content (AvgIpc) is 2.77. The molecule has 0 saturated carbocycles. The summed E-state index contributed by atoms with van der Waals surface area (Å²) in [5.74, 6) is -0.0138. The molecule has 1 heterocycles. The van der Waals surface area contributed by atoms with Crippen LogP contribution < -0.4 is 0 Å². The van der Waals surface area contributed by atoms with E-state index >= 15 is 0 Å². The zero-order valence-electron chi connectivity index (χ0n) is 11.2. The molecule has 0 unspecified atom stereocenters. The van der Waals surface area contributed by atoms with Crippen LogP contribution in [0.15, 0.2) is 22.7 Å². The van der Waals surface area contributed by atoms with Gasteiger partial charge in [0.15, 0.2) is 0 Å². The van der Waals surface area contributed by atoms with Gasteiger partial charge in [0.05, 0.1) is 4.47 Å². The SMILES string of the molecule is CN1CC[C@H](CN(C)C(=O)c2ccc(Br)c(F)c2)C1. The highest BCUT2D eigenvalue weighted by Crippen LogP contribution is 2.19. The van der Waals surface area contributed by atoms with Gasteiger partial charge in [0, 0.05) is 25.7 Å². The van der Waals surface area contributed by atoms with Gasteiger partial charge in [-0.1, -0.05) is 0 Å². The van der Waals surface area contributed by atoms with E-state index in [1.807, 2.05) is 0 Å². The number of likely N-dealkylation sites (tertiary alicyclic amines) is 1. The van der Waals surface area contributed by atoms with Crippen molar-refractivity contribution in [3.05, 3.63) is 34.1 Å². The zero-order valence-corrected chi connectivity index (χ0v) is 12.8. The molecule has 1 aromatic carbocycles. The Balaban J connectivity index is 2.00. The van der Waals surface area contributed by atoms with Crippen molar-refractivity contribution in [1.82, 2.24) is 9.80 Å². The predicted molar refractivity (Wildman–Crippen MR) is 76.7 cm³/mol. The lowest BCUT2D eigenvalue weighted by atomic mass is 10.1. The molecule has 1 aromatic rings. The first-order valence-electron chi connectivity index (χ1n) is 6.36. The maximum Gasteiger partial charge on any atom is 0.253 e. The molecule has 1 fully saturated rings. The van der Waals surface area contributed by atoms with Crippen LogP contribution in [0.2, 0.25) is 0 Å². The van der Waals surface area contributed by atoms with Crippen molar-refractivity contribution in [3.63, 3.8) is 0 Å². The molecule has 0 N–H and O–H groups in total. The molecule has 0 bridgehead atoms. The van der Waals surface area contributed by atoms with Gasteiger partial charge >= 0.3 is 0 Å².